The molecule has 8 nitrogen and oxygen atoms in total. The van der Waals surface area contributed by atoms with Crippen molar-refractivity contribution in [2.75, 3.05) is 0 Å². The Hall–Kier alpha value is -1.94. The molecule has 0 aromatic rings. The number of ketones is 2. The van der Waals surface area contributed by atoms with Crippen LogP contribution in [0.1, 0.15) is 41.5 Å². The van der Waals surface area contributed by atoms with Crippen LogP contribution in [0.15, 0.2) is 48.6 Å². The Morgan fingerprint density at radius 3 is 2.08 bits per heavy atom. The summed E-state index contributed by atoms with van der Waals surface area (Å²) in [5, 5.41) is 56.1. The number of carbonyl (C=O) groups is 2. The van der Waals surface area contributed by atoms with Crippen LogP contribution in [-0.4, -0.2) is 72.9 Å². The Balaban J connectivity index is 2.29. The molecule has 4 rings (SSSR count). The van der Waals surface area contributed by atoms with Gasteiger partial charge in [0.2, 0.25) is 0 Å². The number of aliphatic hydroxyl groups is 5. The van der Waals surface area contributed by atoms with E-state index in [1.165, 1.54) is 32.1 Å². The molecule has 1 heterocycles. The molecule has 3 aliphatic carbocycles. The Bertz CT molecular complexity index is 980. The molecule has 0 aromatic carbocycles. The van der Waals surface area contributed by atoms with E-state index in [0.717, 1.165) is 0 Å². The van der Waals surface area contributed by atoms with Crippen LogP contribution in [0, 0.1) is 35.0 Å². The van der Waals surface area contributed by atoms with E-state index in [9.17, 15) is 35.1 Å². The van der Waals surface area contributed by atoms with Crippen molar-refractivity contribution in [1.82, 2.24) is 0 Å². The standard InChI is InChI=1S/C28H40O8/c1-7-9-11-13-16(29)18-20-21(28(6)22(31)15(3)24(33)36-28)19(17(30)14-12-10-8-2)26(4,23(18)32)25(34)27(20,5)35/h7-16,18-24,29,31-33,35H,1-6H3/b9-7+,10-8+,13-11+,14-12+/t15?,16?,18?,19?,20?,21-,22?,23?,24?,26-,27-,28-/m1/s1. The number of rotatable bonds is 7. The Morgan fingerprint density at radius 1 is 0.972 bits per heavy atom. The first-order valence-electron chi connectivity index (χ1n) is 12.5. The van der Waals surface area contributed by atoms with Crippen LogP contribution in [0.25, 0.3) is 0 Å². The summed E-state index contributed by atoms with van der Waals surface area (Å²) in [5.74, 6) is -6.32. The van der Waals surface area contributed by atoms with Crippen LogP contribution in [0.3, 0.4) is 0 Å². The molecular formula is C28H40O8. The highest BCUT2D eigenvalue weighted by atomic mass is 16.6. The monoisotopic (exact) mass is 504 g/mol. The first kappa shape index (κ1) is 28.6. The molecule has 3 saturated carbocycles. The topological polar surface area (TPSA) is 145 Å². The lowest BCUT2D eigenvalue weighted by Gasteiger charge is -2.66. The van der Waals surface area contributed by atoms with E-state index in [1.807, 2.05) is 0 Å². The van der Waals surface area contributed by atoms with Gasteiger partial charge in [0, 0.05) is 29.6 Å². The summed E-state index contributed by atoms with van der Waals surface area (Å²) in [6, 6.07) is 0. The maximum Gasteiger partial charge on any atom is 0.173 e. The first-order valence-corrected chi connectivity index (χ1v) is 12.5. The number of ether oxygens (including phenoxy) is 1. The number of hydrogen-bond acceptors (Lipinski definition) is 8. The minimum atomic E-state index is -2.05. The lowest BCUT2D eigenvalue weighted by Crippen LogP contribution is -2.79. The van der Waals surface area contributed by atoms with Gasteiger partial charge in [-0.05, 0) is 40.7 Å². The molecule has 0 radical (unpaired) electrons. The van der Waals surface area contributed by atoms with Gasteiger partial charge in [0.15, 0.2) is 17.9 Å². The third-order valence-electron chi connectivity index (χ3n) is 8.83. The van der Waals surface area contributed by atoms with Gasteiger partial charge in [-0.25, -0.2) is 0 Å². The first-order chi connectivity index (χ1) is 16.7. The number of carbonyl (C=O) groups excluding carboxylic acids is 2. The summed E-state index contributed by atoms with van der Waals surface area (Å²) < 4.78 is 5.91. The molecule has 200 valence electrons. The molecule has 0 aromatic heterocycles. The maximum atomic E-state index is 13.7. The van der Waals surface area contributed by atoms with Gasteiger partial charge in [0.1, 0.15) is 5.60 Å². The van der Waals surface area contributed by atoms with Crippen molar-refractivity contribution in [3.8, 4) is 0 Å². The van der Waals surface area contributed by atoms with Crippen LogP contribution < -0.4 is 0 Å². The van der Waals surface area contributed by atoms with Crippen molar-refractivity contribution in [2.45, 2.75) is 77.3 Å². The maximum absolute atomic E-state index is 13.7. The fraction of sp³-hybridized carbons (Fsp3) is 0.643. The van der Waals surface area contributed by atoms with E-state index < -0.39 is 82.4 Å². The molecule has 4 fully saturated rings. The molecule has 0 amide bonds. The minimum Gasteiger partial charge on any atom is -0.392 e. The highest BCUT2D eigenvalue weighted by Crippen LogP contribution is 2.65. The van der Waals surface area contributed by atoms with Crippen LogP contribution >= 0.6 is 0 Å². The van der Waals surface area contributed by atoms with Crippen molar-refractivity contribution in [2.24, 2.45) is 35.0 Å². The summed E-state index contributed by atoms with van der Waals surface area (Å²) >= 11 is 0. The van der Waals surface area contributed by atoms with Gasteiger partial charge in [-0.3, -0.25) is 9.59 Å². The van der Waals surface area contributed by atoms with Gasteiger partial charge in [0.05, 0.1) is 29.3 Å². The van der Waals surface area contributed by atoms with Crippen molar-refractivity contribution in [3.05, 3.63) is 48.6 Å². The fourth-order valence-electron chi connectivity index (χ4n) is 7.03. The second kappa shape index (κ2) is 10.1. The number of Topliss-reactive ketones (excluding diaryl/α,β-unsaturated/α-hetero) is 1. The van der Waals surface area contributed by atoms with Gasteiger partial charge in [0.25, 0.3) is 0 Å². The van der Waals surface area contributed by atoms with Gasteiger partial charge >= 0.3 is 0 Å². The Labute approximate surface area is 212 Å². The number of hydrogen-bond donors (Lipinski definition) is 5. The zero-order chi connectivity index (χ0) is 27.2. The highest BCUT2D eigenvalue weighted by Gasteiger charge is 2.78. The molecule has 2 bridgehead atoms. The Kier molecular flexibility index (Phi) is 8.02. The molecule has 8 unspecified atom stereocenters. The van der Waals surface area contributed by atoms with Gasteiger partial charge in [-0.1, -0.05) is 49.5 Å². The van der Waals surface area contributed by atoms with E-state index in [2.05, 4.69) is 0 Å². The summed E-state index contributed by atoms with van der Waals surface area (Å²) in [4.78, 5) is 27.4. The smallest absolute Gasteiger partial charge is 0.173 e. The van der Waals surface area contributed by atoms with E-state index in [4.69, 9.17) is 4.74 Å². The summed E-state index contributed by atoms with van der Waals surface area (Å²) in [7, 11) is 0. The summed E-state index contributed by atoms with van der Waals surface area (Å²) in [5.41, 5.74) is -5.41. The van der Waals surface area contributed by atoms with Crippen molar-refractivity contribution >= 4 is 11.6 Å². The van der Waals surface area contributed by atoms with Crippen molar-refractivity contribution in [1.29, 1.82) is 0 Å². The fourth-order valence-corrected chi connectivity index (χ4v) is 7.03. The van der Waals surface area contributed by atoms with E-state index in [-0.39, 0.29) is 0 Å². The lowest BCUT2D eigenvalue weighted by atomic mass is 9.38. The average molecular weight is 505 g/mol. The lowest BCUT2D eigenvalue weighted by molar-refractivity contribution is -0.281. The average Bonchev–Trinajstić information content (AvgIpc) is 3.01. The third kappa shape index (κ3) is 4.08. The van der Waals surface area contributed by atoms with Gasteiger partial charge in [-0.2, -0.15) is 0 Å². The Morgan fingerprint density at radius 2 is 1.56 bits per heavy atom. The molecule has 1 aliphatic heterocycles. The predicted molar refractivity (Wildman–Crippen MR) is 133 cm³/mol. The van der Waals surface area contributed by atoms with Crippen LogP contribution in [-0.2, 0) is 14.3 Å². The minimum absolute atomic E-state index is 0.475. The van der Waals surface area contributed by atoms with Crippen LogP contribution in [0.2, 0.25) is 0 Å². The largest absolute Gasteiger partial charge is 0.392 e. The molecule has 5 N–H and O–H groups in total. The van der Waals surface area contributed by atoms with Crippen molar-refractivity contribution in [3.63, 3.8) is 0 Å². The van der Waals surface area contributed by atoms with E-state index in [1.54, 1.807) is 58.1 Å². The van der Waals surface area contributed by atoms with E-state index in [0.29, 0.717) is 0 Å². The molecule has 12 atom stereocenters. The van der Waals surface area contributed by atoms with Crippen molar-refractivity contribution < 1.29 is 39.9 Å². The van der Waals surface area contributed by atoms with Gasteiger partial charge < -0.3 is 30.3 Å². The zero-order valence-corrected chi connectivity index (χ0v) is 21.8. The molecular weight excluding hydrogens is 464 g/mol. The molecule has 36 heavy (non-hydrogen) atoms. The predicted octanol–water partition coefficient (Wildman–Crippen LogP) is 1.46. The number of fused-ring (bicyclic) bond motifs is 3. The van der Waals surface area contributed by atoms with E-state index >= 15 is 0 Å². The molecule has 0 spiro atoms. The SMILES string of the molecule is C/C=C/C=C/C(=O)C1[C@@H]([C@@]2(C)OC(O)C(C)C2O)C2C(C(O)/C=C/C=C/C)C(O)[C@]1(C)C(=O)[C@]2(C)O. The second-order valence-electron chi connectivity index (χ2n) is 11.0. The number of allylic oxidation sites excluding steroid dienone is 7. The quantitative estimate of drug-likeness (QED) is 0.259. The van der Waals surface area contributed by atoms with Gasteiger partial charge in [-0.15, -0.1) is 0 Å². The molecule has 4 aliphatic rings. The highest BCUT2D eigenvalue weighted by molar-refractivity contribution is 6.03. The normalized spacial score (nSPS) is 48.2. The third-order valence-corrected chi connectivity index (χ3v) is 8.83. The zero-order valence-electron chi connectivity index (χ0n) is 21.8. The second-order valence-corrected chi connectivity index (χ2v) is 11.0. The molecule has 1 saturated heterocycles. The summed E-state index contributed by atoms with van der Waals surface area (Å²) in [6.45, 7) is 9.51. The van der Waals surface area contributed by atoms with Crippen LogP contribution in [0.5, 0.6) is 0 Å². The molecule has 8 heteroatoms. The summed E-state index contributed by atoms with van der Waals surface area (Å²) in [6.07, 6.45) is 7.41. The van der Waals surface area contributed by atoms with Crippen LogP contribution in [0.4, 0.5) is 0 Å². The number of aliphatic hydroxyl groups excluding tert-OH is 4.